The first kappa shape index (κ1) is 18.0. The Morgan fingerprint density at radius 3 is 2.12 bits per heavy atom. The van der Waals surface area contributed by atoms with Gasteiger partial charge in [0.1, 0.15) is 5.82 Å². The Kier molecular flexibility index (Phi) is 14.2. The first-order chi connectivity index (χ1) is 7.67. The predicted molar refractivity (Wildman–Crippen MR) is 72.8 cm³/mol. The summed E-state index contributed by atoms with van der Waals surface area (Å²) in [5, 5.41) is 7.75. The van der Waals surface area contributed by atoms with Crippen LogP contribution in [0, 0.1) is 5.82 Å². The second kappa shape index (κ2) is 12.7. The van der Waals surface area contributed by atoms with Gasteiger partial charge in [0.2, 0.25) is 0 Å². The van der Waals surface area contributed by atoms with E-state index in [0.717, 1.165) is 4.47 Å². The minimum atomic E-state index is -0.253. The molecule has 92 valence electrons. The number of hydrogen-bond donors (Lipinski definition) is 3. The number of rotatable bonds is 2. The topological polar surface area (TPSA) is 72.3 Å². The van der Waals surface area contributed by atoms with E-state index in [2.05, 4.69) is 34.0 Å². The first-order valence-corrected chi connectivity index (χ1v) is 5.77. The van der Waals surface area contributed by atoms with E-state index in [0.29, 0.717) is 12.1 Å². The van der Waals surface area contributed by atoms with Crippen LogP contribution in [0.3, 0.4) is 0 Å². The smallest absolute Gasteiger partial charge is 0.128 e. The second-order valence-corrected chi connectivity index (χ2v) is 3.27. The van der Waals surface area contributed by atoms with Gasteiger partial charge in [-0.15, -0.1) is 0 Å². The Hall–Kier alpha value is -0.400. The zero-order valence-corrected chi connectivity index (χ0v) is 11.2. The third kappa shape index (κ3) is 7.84. The highest BCUT2D eigenvalue weighted by atomic mass is 79.9. The van der Waals surface area contributed by atoms with E-state index in [4.69, 9.17) is 16.6 Å². The summed E-state index contributed by atoms with van der Waals surface area (Å²) in [6.07, 6.45) is 0. The van der Waals surface area contributed by atoms with Crippen LogP contribution in [0.5, 0.6) is 0 Å². The van der Waals surface area contributed by atoms with E-state index in [1.165, 1.54) is 6.07 Å². The van der Waals surface area contributed by atoms with Gasteiger partial charge in [-0.1, -0.05) is 34.2 Å². The lowest BCUT2D eigenvalue weighted by molar-refractivity contribution is 0.306. The van der Waals surface area contributed by atoms with E-state index < -0.39 is 0 Å². The predicted octanol–water partition coefficient (Wildman–Crippen LogP) is 1.60. The zero-order chi connectivity index (χ0) is 13.0. The van der Waals surface area contributed by atoms with E-state index in [1.54, 1.807) is 12.1 Å². The molecule has 0 aliphatic carbocycles. The molecule has 0 saturated heterocycles. The molecule has 0 heterocycles. The van der Waals surface area contributed by atoms with E-state index in [9.17, 15) is 4.39 Å². The fourth-order valence-electron chi connectivity index (χ4n) is 0.727. The van der Waals surface area contributed by atoms with Crippen LogP contribution in [-0.2, 0) is 6.54 Å². The molecule has 0 spiro atoms. The molecule has 1 aromatic rings. The van der Waals surface area contributed by atoms with Crippen molar-refractivity contribution in [2.75, 3.05) is 13.2 Å². The largest absolute Gasteiger partial charge is 0.395 e. The molecule has 3 nitrogen and oxygen atoms in total. The number of aliphatic hydroxyl groups excluding tert-OH is 1. The summed E-state index contributed by atoms with van der Waals surface area (Å²) >= 11 is 7.02. The number of nitrogens with two attached hydrogens (primary N) is 2. The minimum Gasteiger partial charge on any atom is -0.395 e. The minimum absolute atomic E-state index is 0.0972. The molecule has 0 aromatic heterocycles. The van der Waals surface area contributed by atoms with Gasteiger partial charge in [-0.25, -0.2) is 4.39 Å². The van der Waals surface area contributed by atoms with Crippen molar-refractivity contribution in [3.63, 3.8) is 0 Å². The molecule has 0 aliphatic heterocycles. The zero-order valence-electron chi connectivity index (χ0n) is 8.83. The van der Waals surface area contributed by atoms with Gasteiger partial charge in [-0.05, 0) is 18.0 Å². The Balaban J connectivity index is 0. The van der Waals surface area contributed by atoms with Crippen LogP contribution in [0.15, 0.2) is 22.7 Å². The monoisotopic (exact) mass is 310 g/mol. The second-order valence-electron chi connectivity index (χ2n) is 2.42. The summed E-state index contributed by atoms with van der Waals surface area (Å²) in [5.74, 6) is 2.58. The third-order valence-electron chi connectivity index (χ3n) is 1.39. The quantitative estimate of drug-likeness (QED) is 0.726. The third-order valence-corrected chi connectivity index (χ3v) is 2.14. The number of hydrogen-bond acceptors (Lipinski definition) is 4. The molecule has 0 aliphatic rings. The van der Waals surface area contributed by atoms with Crippen molar-refractivity contribution in [3.05, 3.63) is 34.1 Å². The van der Waals surface area contributed by atoms with Crippen LogP contribution in [-0.4, -0.2) is 24.1 Å². The Morgan fingerprint density at radius 1 is 1.38 bits per heavy atom. The van der Waals surface area contributed by atoms with Gasteiger partial charge in [0.25, 0.3) is 0 Å². The van der Waals surface area contributed by atoms with Crippen molar-refractivity contribution in [1.29, 1.82) is 0 Å². The summed E-state index contributed by atoms with van der Waals surface area (Å²) in [6.45, 7) is 0.702. The lowest BCUT2D eigenvalue weighted by Crippen LogP contribution is -2.02. The van der Waals surface area contributed by atoms with Crippen molar-refractivity contribution in [1.82, 2.24) is 0 Å². The summed E-state index contributed by atoms with van der Waals surface area (Å²) in [7, 11) is 0. The molecule has 6 heteroatoms. The molecule has 16 heavy (non-hydrogen) atoms. The maximum Gasteiger partial charge on any atom is 0.128 e. The highest BCUT2D eigenvalue weighted by molar-refractivity contribution is 9.10. The first-order valence-electron chi connectivity index (χ1n) is 4.40. The number of halogens is 2. The summed E-state index contributed by atoms with van der Waals surface area (Å²) < 4.78 is 13.5. The summed E-state index contributed by atoms with van der Waals surface area (Å²) in [6, 6.07) is 4.80. The summed E-state index contributed by atoms with van der Waals surface area (Å²) in [4.78, 5) is 0. The van der Waals surface area contributed by atoms with Gasteiger partial charge in [-0.3, -0.25) is 0 Å². The lowest BCUT2D eigenvalue weighted by Gasteiger charge is -2.00. The van der Waals surface area contributed by atoms with Crippen molar-refractivity contribution < 1.29 is 9.50 Å². The molecule has 1 aromatic carbocycles. The molecular weight excluding hydrogens is 295 g/mol. The SMILES string of the molecule is C=S.NCCO.NCc1c(F)cccc1Br. The van der Waals surface area contributed by atoms with Crippen molar-refractivity contribution in [2.24, 2.45) is 11.5 Å². The van der Waals surface area contributed by atoms with Crippen LogP contribution in [0.1, 0.15) is 5.56 Å². The molecule has 0 saturated carbocycles. The summed E-state index contributed by atoms with van der Waals surface area (Å²) in [5.41, 5.74) is 10.6. The lowest BCUT2D eigenvalue weighted by atomic mass is 10.2. The molecule has 5 N–H and O–H groups in total. The van der Waals surface area contributed by atoms with Crippen molar-refractivity contribution >= 4 is 34.0 Å². The molecule has 0 fully saturated rings. The fraction of sp³-hybridized carbons (Fsp3) is 0.300. The Morgan fingerprint density at radius 2 is 1.88 bits per heavy atom. The van der Waals surface area contributed by atoms with Crippen LogP contribution in [0.25, 0.3) is 0 Å². The van der Waals surface area contributed by atoms with Crippen LogP contribution >= 0.6 is 28.1 Å². The maximum atomic E-state index is 12.7. The Labute approximate surface area is 109 Å². The standard InChI is InChI=1S/C7H7BrFN.C2H7NO.CH2S/c8-6-2-1-3-7(9)5(6)4-10;3-1-2-4;1-2/h1-3H,4,10H2;4H,1-3H2;1H2. The highest BCUT2D eigenvalue weighted by Crippen LogP contribution is 2.18. The van der Waals surface area contributed by atoms with Gasteiger partial charge in [0.05, 0.1) is 6.61 Å². The van der Waals surface area contributed by atoms with E-state index in [-0.39, 0.29) is 19.0 Å². The van der Waals surface area contributed by atoms with Gasteiger partial charge >= 0.3 is 0 Å². The van der Waals surface area contributed by atoms with Crippen LogP contribution < -0.4 is 11.5 Å². The van der Waals surface area contributed by atoms with Gasteiger partial charge in [0.15, 0.2) is 0 Å². The average molecular weight is 311 g/mol. The van der Waals surface area contributed by atoms with E-state index >= 15 is 0 Å². The number of aliphatic hydroxyl groups is 1. The highest BCUT2D eigenvalue weighted by Gasteiger charge is 2.01. The Bertz CT molecular complexity index is 267. The fourth-order valence-corrected chi connectivity index (χ4v) is 1.23. The normalized spacial score (nSPS) is 8.31. The average Bonchev–Trinajstić information content (AvgIpc) is 2.32. The molecule has 0 bridgehead atoms. The number of benzene rings is 1. The molecule has 0 unspecified atom stereocenters. The van der Waals surface area contributed by atoms with Crippen LogP contribution in [0.4, 0.5) is 4.39 Å². The maximum absolute atomic E-state index is 12.7. The van der Waals surface area contributed by atoms with Crippen molar-refractivity contribution in [2.45, 2.75) is 6.54 Å². The van der Waals surface area contributed by atoms with E-state index in [1.807, 2.05) is 0 Å². The number of thiocarbonyl (C=S) groups is 1. The van der Waals surface area contributed by atoms with Crippen molar-refractivity contribution in [3.8, 4) is 0 Å². The molecule has 0 radical (unpaired) electrons. The van der Waals surface area contributed by atoms with Gasteiger partial charge < -0.3 is 16.6 Å². The van der Waals surface area contributed by atoms with Crippen LogP contribution in [0.2, 0.25) is 0 Å². The molecule has 0 amide bonds. The van der Waals surface area contributed by atoms with Gasteiger partial charge in [0, 0.05) is 23.1 Å². The molecule has 1 rings (SSSR count). The van der Waals surface area contributed by atoms with Gasteiger partial charge in [-0.2, -0.15) is 0 Å². The molecular formula is C10H16BrFN2OS. The molecule has 0 atom stereocenters.